The molecule has 104 valence electrons. The van der Waals surface area contributed by atoms with E-state index in [1.165, 1.54) is 0 Å². The molecule has 2 N–H and O–H groups in total. The summed E-state index contributed by atoms with van der Waals surface area (Å²) < 4.78 is 8.23. The molecule has 2 heterocycles. The molecular weight excluding hydrogens is 276 g/mol. The number of amides is 2. The SMILES string of the molecule is C[C@@]1(C(N)=O)CCCN1C(=O)c1ccc2nsnc2c1. The quantitative estimate of drug-likeness (QED) is 0.899. The number of carbonyl (C=O) groups excluding carboxylic acids is 2. The maximum Gasteiger partial charge on any atom is 0.254 e. The lowest BCUT2D eigenvalue weighted by Gasteiger charge is -2.32. The van der Waals surface area contributed by atoms with E-state index < -0.39 is 11.4 Å². The molecular formula is C13H14N4O2S. The number of rotatable bonds is 2. The summed E-state index contributed by atoms with van der Waals surface area (Å²) in [6.07, 6.45) is 1.39. The standard InChI is InChI=1S/C13H14N4O2S/c1-13(12(14)19)5-2-6-17(13)11(18)8-3-4-9-10(7-8)16-20-15-9/h3-4,7H,2,5-6H2,1H3,(H2,14,19)/t13-/m0/s1. The van der Waals surface area contributed by atoms with Gasteiger partial charge in [-0.25, -0.2) is 0 Å². The van der Waals surface area contributed by atoms with Crippen molar-refractivity contribution in [3.8, 4) is 0 Å². The van der Waals surface area contributed by atoms with Gasteiger partial charge in [-0.2, -0.15) is 8.75 Å². The monoisotopic (exact) mass is 290 g/mol. The van der Waals surface area contributed by atoms with Gasteiger partial charge in [-0.15, -0.1) is 0 Å². The fraction of sp³-hybridized carbons (Fsp3) is 0.385. The van der Waals surface area contributed by atoms with Crippen LogP contribution in [0.25, 0.3) is 11.0 Å². The van der Waals surface area contributed by atoms with Gasteiger partial charge in [-0.3, -0.25) is 9.59 Å². The number of aromatic nitrogens is 2. The first-order valence-corrected chi connectivity index (χ1v) is 7.09. The predicted octanol–water partition coefficient (Wildman–Crippen LogP) is 1.17. The third-order valence-corrected chi connectivity index (χ3v) is 4.47. The first kappa shape index (κ1) is 13.0. The van der Waals surface area contributed by atoms with Crippen LogP contribution in [-0.4, -0.2) is 37.5 Å². The topological polar surface area (TPSA) is 89.2 Å². The van der Waals surface area contributed by atoms with Crippen LogP contribution in [0.2, 0.25) is 0 Å². The summed E-state index contributed by atoms with van der Waals surface area (Å²) in [5.41, 5.74) is 6.54. The van der Waals surface area contributed by atoms with Crippen molar-refractivity contribution in [1.82, 2.24) is 13.6 Å². The summed E-state index contributed by atoms with van der Waals surface area (Å²) in [5, 5.41) is 0. The average molecular weight is 290 g/mol. The Bertz CT molecular complexity index is 698. The third-order valence-electron chi connectivity index (χ3n) is 3.92. The van der Waals surface area contributed by atoms with E-state index in [1.807, 2.05) is 0 Å². The molecule has 3 rings (SSSR count). The van der Waals surface area contributed by atoms with E-state index in [2.05, 4.69) is 8.75 Å². The van der Waals surface area contributed by atoms with Crippen LogP contribution < -0.4 is 5.73 Å². The minimum atomic E-state index is -0.896. The van der Waals surface area contributed by atoms with Crippen molar-refractivity contribution in [3.05, 3.63) is 23.8 Å². The summed E-state index contributed by atoms with van der Waals surface area (Å²) in [6, 6.07) is 5.19. The van der Waals surface area contributed by atoms with E-state index in [9.17, 15) is 9.59 Å². The minimum Gasteiger partial charge on any atom is -0.368 e. The zero-order valence-corrected chi connectivity index (χ0v) is 11.8. The van der Waals surface area contributed by atoms with Gasteiger partial charge in [0.15, 0.2) is 0 Å². The highest BCUT2D eigenvalue weighted by molar-refractivity contribution is 7.00. The Hall–Kier alpha value is -2.02. The summed E-state index contributed by atoms with van der Waals surface area (Å²) in [6.45, 7) is 2.27. The Kier molecular flexibility index (Phi) is 2.93. The maximum atomic E-state index is 12.6. The zero-order valence-electron chi connectivity index (χ0n) is 11.0. The molecule has 2 amide bonds. The van der Waals surface area contributed by atoms with Crippen LogP contribution >= 0.6 is 11.7 Å². The summed E-state index contributed by atoms with van der Waals surface area (Å²) in [4.78, 5) is 25.8. The molecule has 0 saturated carbocycles. The number of nitrogens with two attached hydrogens (primary N) is 1. The summed E-state index contributed by atoms with van der Waals surface area (Å²) >= 11 is 1.11. The Balaban J connectivity index is 1.97. The normalized spacial score (nSPS) is 22.4. The first-order valence-electron chi connectivity index (χ1n) is 6.36. The van der Waals surface area contributed by atoms with Crippen molar-refractivity contribution in [1.29, 1.82) is 0 Å². The van der Waals surface area contributed by atoms with Gasteiger partial charge < -0.3 is 10.6 Å². The molecule has 1 saturated heterocycles. The van der Waals surface area contributed by atoms with Crippen LogP contribution in [0.15, 0.2) is 18.2 Å². The largest absolute Gasteiger partial charge is 0.368 e. The van der Waals surface area contributed by atoms with Crippen LogP contribution in [0.1, 0.15) is 30.1 Å². The molecule has 2 aromatic rings. The van der Waals surface area contributed by atoms with Crippen molar-refractivity contribution in [3.63, 3.8) is 0 Å². The Morgan fingerprint density at radius 3 is 2.85 bits per heavy atom. The molecule has 0 unspecified atom stereocenters. The van der Waals surface area contributed by atoms with Crippen molar-refractivity contribution < 1.29 is 9.59 Å². The van der Waals surface area contributed by atoms with Crippen molar-refractivity contribution >= 4 is 34.6 Å². The van der Waals surface area contributed by atoms with Gasteiger partial charge in [-0.1, -0.05) is 0 Å². The lowest BCUT2D eigenvalue weighted by atomic mass is 9.97. The number of nitrogens with zero attached hydrogens (tertiary/aromatic N) is 3. The number of hydrogen-bond donors (Lipinski definition) is 1. The number of hydrogen-bond acceptors (Lipinski definition) is 5. The van der Waals surface area contributed by atoms with Crippen molar-refractivity contribution in [2.24, 2.45) is 5.73 Å². The van der Waals surface area contributed by atoms with Gasteiger partial charge >= 0.3 is 0 Å². The molecule has 1 fully saturated rings. The molecule has 7 heteroatoms. The molecule has 0 aliphatic carbocycles. The zero-order chi connectivity index (χ0) is 14.3. The second-order valence-corrected chi connectivity index (χ2v) is 5.69. The van der Waals surface area contributed by atoms with Crippen LogP contribution in [-0.2, 0) is 4.79 Å². The molecule has 0 spiro atoms. The van der Waals surface area contributed by atoms with Crippen molar-refractivity contribution in [2.45, 2.75) is 25.3 Å². The van der Waals surface area contributed by atoms with Crippen LogP contribution in [0.3, 0.4) is 0 Å². The highest BCUT2D eigenvalue weighted by Crippen LogP contribution is 2.30. The Labute approximate surface area is 119 Å². The van der Waals surface area contributed by atoms with Gasteiger partial charge in [0.05, 0.1) is 11.7 Å². The number of carbonyl (C=O) groups is 2. The molecule has 0 radical (unpaired) electrons. The van der Waals surface area contributed by atoms with Gasteiger partial charge in [-0.05, 0) is 38.0 Å². The number of fused-ring (bicyclic) bond motifs is 1. The predicted molar refractivity (Wildman–Crippen MR) is 75.3 cm³/mol. The van der Waals surface area contributed by atoms with Gasteiger partial charge in [0.1, 0.15) is 16.6 Å². The van der Waals surface area contributed by atoms with E-state index in [0.717, 1.165) is 23.7 Å². The molecule has 1 atom stereocenters. The van der Waals surface area contributed by atoms with E-state index in [0.29, 0.717) is 24.0 Å². The second-order valence-electron chi connectivity index (χ2n) is 5.17. The number of primary amides is 1. The smallest absolute Gasteiger partial charge is 0.254 e. The fourth-order valence-corrected chi connectivity index (χ4v) is 3.13. The fourth-order valence-electron chi connectivity index (χ4n) is 2.62. The molecule has 20 heavy (non-hydrogen) atoms. The Morgan fingerprint density at radius 2 is 2.10 bits per heavy atom. The highest BCUT2D eigenvalue weighted by Gasteiger charge is 2.44. The van der Waals surface area contributed by atoms with Crippen LogP contribution in [0.4, 0.5) is 0 Å². The minimum absolute atomic E-state index is 0.182. The lowest BCUT2D eigenvalue weighted by Crippen LogP contribution is -2.53. The second kappa shape index (κ2) is 4.52. The molecule has 1 aromatic carbocycles. The Morgan fingerprint density at radius 1 is 1.35 bits per heavy atom. The maximum absolute atomic E-state index is 12.6. The summed E-state index contributed by atoms with van der Waals surface area (Å²) in [7, 11) is 0. The van der Waals surface area contributed by atoms with Gasteiger partial charge in [0.25, 0.3) is 5.91 Å². The molecule has 6 nitrogen and oxygen atoms in total. The third kappa shape index (κ3) is 1.85. The van der Waals surface area contributed by atoms with E-state index in [4.69, 9.17) is 5.73 Å². The van der Waals surface area contributed by atoms with E-state index in [-0.39, 0.29) is 5.91 Å². The molecule has 1 aromatic heterocycles. The number of benzene rings is 1. The molecule has 1 aliphatic rings. The first-order chi connectivity index (χ1) is 9.52. The van der Waals surface area contributed by atoms with Crippen LogP contribution in [0.5, 0.6) is 0 Å². The molecule has 1 aliphatic heterocycles. The van der Waals surface area contributed by atoms with Gasteiger partial charge in [0.2, 0.25) is 5.91 Å². The van der Waals surface area contributed by atoms with Crippen LogP contribution in [0, 0.1) is 0 Å². The van der Waals surface area contributed by atoms with E-state index in [1.54, 1.807) is 30.0 Å². The summed E-state index contributed by atoms with van der Waals surface area (Å²) in [5.74, 6) is -0.640. The van der Waals surface area contributed by atoms with E-state index >= 15 is 0 Å². The average Bonchev–Trinajstić information content (AvgIpc) is 3.03. The highest BCUT2D eigenvalue weighted by atomic mass is 32.1. The lowest BCUT2D eigenvalue weighted by molar-refractivity contribution is -0.126. The number of likely N-dealkylation sites (tertiary alicyclic amines) is 1. The van der Waals surface area contributed by atoms with Gasteiger partial charge in [0, 0.05) is 12.1 Å². The molecule has 0 bridgehead atoms. The van der Waals surface area contributed by atoms with Crippen molar-refractivity contribution in [2.75, 3.05) is 6.54 Å².